The molecule has 3 N–H and O–H groups in total. The Morgan fingerprint density at radius 2 is 2.04 bits per heavy atom. The van der Waals surface area contributed by atoms with Gasteiger partial charge in [-0.3, -0.25) is 9.69 Å². The highest BCUT2D eigenvalue weighted by Gasteiger charge is 2.41. The quantitative estimate of drug-likeness (QED) is 0.808. The molecular formula is C18H27N3O3. The van der Waals surface area contributed by atoms with Crippen LogP contribution in [0, 0.1) is 0 Å². The number of carbonyl (C=O) groups excluding carboxylic acids is 1. The fraction of sp³-hybridized carbons (Fsp3) is 0.611. The standard InChI is InChI=1S/C18H27N3O3/c1-23-14-4-5-15(19)16(12-14)20-17(22)13-18(6-2-3-7-18)21-8-10-24-11-9-21/h4-5,12H,2-3,6-11,13,19H2,1H3,(H,20,22). The molecule has 1 aromatic rings. The second kappa shape index (κ2) is 7.40. The molecule has 1 saturated heterocycles. The van der Waals surface area contributed by atoms with E-state index in [1.807, 2.05) is 0 Å². The average Bonchev–Trinajstić information content (AvgIpc) is 3.07. The minimum absolute atomic E-state index is 0.0170. The molecule has 0 radical (unpaired) electrons. The van der Waals surface area contributed by atoms with Gasteiger partial charge >= 0.3 is 0 Å². The lowest BCUT2D eigenvalue weighted by Crippen LogP contribution is -2.53. The van der Waals surface area contributed by atoms with E-state index >= 15 is 0 Å². The summed E-state index contributed by atoms with van der Waals surface area (Å²) in [5.74, 6) is 0.701. The maximum Gasteiger partial charge on any atom is 0.226 e. The Morgan fingerprint density at radius 1 is 1.33 bits per heavy atom. The maximum absolute atomic E-state index is 12.7. The first-order valence-electron chi connectivity index (χ1n) is 8.69. The summed E-state index contributed by atoms with van der Waals surface area (Å²) in [6.07, 6.45) is 5.03. The van der Waals surface area contributed by atoms with Crippen LogP contribution < -0.4 is 15.8 Å². The summed E-state index contributed by atoms with van der Waals surface area (Å²) >= 11 is 0. The predicted octanol–water partition coefficient (Wildman–Crippen LogP) is 2.25. The lowest BCUT2D eigenvalue weighted by Gasteiger charge is -2.43. The number of nitrogen functional groups attached to an aromatic ring is 1. The number of nitrogens with two attached hydrogens (primary N) is 1. The van der Waals surface area contributed by atoms with Gasteiger partial charge in [-0.15, -0.1) is 0 Å². The number of amides is 1. The van der Waals surface area contributed by atoms with Crippen LogP contribution in [0.3, 0.4) is 0 Å². The van der Waals surface area contributed by atoms with E-state index in [1.165, 1.54) is 12.8 Å². The highest BCUT2D eigenvalue weighted by Crippen LogP contribution is 2.39. The van der Waals surface area contributed by atoms with Crippen LogP contribution in [-0.2, 0) is 9.53 Å². The average molecular weight is 333 g/mol. The van der Waals surface area contributed by atoms with Crippen molar-refractivity contribution in [2.45, 2.75) is 37.6 Å². The smallest absolute Gasteiger partial charge is 0.226 e. The fourth-order valence-electron chi connectivity index (χ4n) is 3.94. The van der Waals surface area contributed by atoms with Crippen molar-refractivity contribution in [1.82, 2.24) is 4.90 Å². The van der Waals surface area contributed by atoms with Crippen LogP contribution in [0.15, 0.2) is 18.2 Å². The molecule has 6 heteroatoms. The van der Waals surface area contributed by atoms with Crippen molar-refractivity contribution in [2.24, 2.45) is 0 Å². The first kappa shape index (κ1) is 17.0. The summed E-state index contributed by atoms with van der Waals surface area (Å²) in [7, 11) is 1.60. The lowest BCUT2D eigenvalue weighted by molar-refractivity contribution is -0.120. The van der Waals surface area contributed by atoms with E-state index < -0.39 is 0 Å². The monoisotopic (exact) mass is 333 g/mol. The summed E-state index contributed by atoms with van der Waals surface area (Å²) in [5, 5.41) is 2.97. The first-order chi connectivity index (χ1) is 11.6. The molecule has 132 valence electrons. The van der Waals surface area contributed by atoms with Gasteiger partial charge in [0.15, 0.2) is 0 Å². The Labute approximate surface area is 143 Å². The van der Waals surface area contributed by atoms with Gasteiger partial charge in [0.1, 0.15) is 5.75 Å². The van der Waals surface area contributed by atoms with E-state index in [9.17, 15) is 4.79 Å². The molecule has 3 rings (SSSR count). The van der Waals surface area contributed by atoms with Crippen LogP contribution >= 0.6 is 0 Å². The number of hydrogen-bond donors (Lipinski definition) is 2. The molecule has 6 nitrogen and oxygen atoms in total. The SMILES string of the molecule is COc1ccc(N)c(NC(=O)CC2(N3CCOCC3)CCCC2)c1. The second-order valence-corrected chi connectivity index (χ2v) is 6.71. The minimum atomic E-state index is -0.0263. The van der Waals surface area contributed by atoms with Gasteiger partial charge in [-0.25, -0.2) is 0 Å². The number of nitrogens with one attached hydrogen (secondary N) is 1. The van der Waals surface area contributed by atoms with Crippen molar-refractivity contribution < 1.29 is 14.3 Å². The Hall–Kier alpha value is -1.79. The van der Waals surface area contributed by atoms with Crippen LogP contribution in [0.1, 0.15) is 32.1 Å². The zero-order valence-electron chi connectivity index (χ0n) is 14.3. The summed E-state index contributed by atoms with van der Waals surface area (Å²) < 4.78 is 10.7. The fourth-order valence-corrected chi connectivity index (χ4v) is 3.94. The molecule has 2 fully saturated rings. The van der Waals surface area contributed by atoms with Gasteiger partial charge in [-0.2, -0.15) is 0 Å². The molecule has 0 atom stereocenters. The molecule has 1 aromatic carbocycles. The Balaban J connectivity index is 1.70. The molecule has 1 aliphatic carbocycles. The number of hydrogen-bond acceptors (Lipinski definition) is 5. The van der Waals surface area contributed by atoms with Crippen LogP contribution in [0.4, 0.5) is 11.4 Å². The van der Waals surface area contributed by atoms with Crippen molar-refractivity contribution >= 4 is 17.3 Å². The molecule has 1 saturated carbocycles. The normalized spacial score (nSPS) is 20.7. The number of rotatable bonds is 5. The Kier molecular flexibility index (Phi) is 5.26. The highest BCUT2D eigenvalue weighted by molar-refractivity contribution is 5.94. The summed E-state index contributed by atoms with van der Waals surface area (Å²) in [6, 6.07) is 5.31. The third-order valence-corrected chi connectivity index (χ3v) is 5.24. The number of benzene rings is 1. The molecule has 1 amide bonds. The molecule has 0 bridgehead atoms. The van der Waals surface area contributed by atoms with Gasteiger partial charge in [0, 0.05) is 31.1 Å². The highest BCUT2D eigenvalue weighted by atomic mass is 16.5. The van der Waals surface area contributed by atoms with Crippen LogP contribution in [0.2, 0.25) is 0 Å². The minimum Gasteiger partial charge on any atom is -0.497 e. The summed E-state index contributed by atoms with van der Waals surface area (Å²) in [5.41, 5.74) is 7.12. The molecule has 0 unspecified atom stereocenters. The van der Waals surface area contributed by atoms with E-state index in [4.69, 9.17) is 15.2 Å². The third-order valence-electron chi connectivity index (χ3n) is 5.24. The molecular weight excluding hydrogens is 306 g/mol. The zero-order chi connectivity index (χ0) is 17.0. The van der Waals surface area contributed by atoms with Gasteiger partial charge in [0.25, 0.3) is 0 Å². The van der Waals surface area contributed by atoms with Gasteiger partial charge < -0.3 is 20.5 Å². The van der Waals surface area contributed by atoms with Gasteiger partial charge in [0.05, 0.1) is 31.7 Å². The summed E-state index contributed by atoms with van der Waals surface area (Å²) in [6.45, 7) is 3.33. The number of ether oxygens (including phenoxy) is 2. The maximum atomic E-state index is 12.7. The van der Waals surface area contributed by atoms with Gasteiger partial charge in [-0.1, -0.05) is 12.8 Å². The van der Waals surface area contributed by atoms with Crippen molar-refractivity contribution in [1.29, 1.82) is 0 Å². The van der Waals surface area contributed by atoms with Crippen LogP contribution in [-0.4, -0.2) is 49.8 Å². The summed E-state index contributed by atoms with van der Waals surface area (Å²) in [4.78, 5) is 15.2. The molecule has 24 heavy (non-hydrogen) atoms. The molecule has 0 aromatic heterocycles. The second-order valence-electron chi connectivity index (χ2n) is 6.71. The zero-order valence-corrected chi connectivity index (χ0v) is 14.3. The lowest BCUT2D eigenvalue weighted by atomic mass is 9.90. The van der Waals surface area contributed by atoms with E-state index in [0.717, 1.165) is 39.1 Å². The van der Waals surface area contributed by atoms with Crippen LogP contribution in [0.25, 0.3) is 0 Å². The van der Waals surface area contributed by atoms with Gasteiger partial charge in [-0.05, 0) is 25.0 Å². The van der Waals surface area contributed by atoms with Crippen molar-refractivity contribution in [3.8, 4) is 5.75 Å². The van der Waals surface area contributed by atoms with Crippen molar-refractivity contribution in [2.75, 3.05) is 44.5 Å². The van der Waals surface area contributed by atoms with E-state index in [1.54, 1.807) is 25.3 Å². The predicted molar refractivity (Wildman–Crippen MR) is 94.2 cm³/mol. The number of carbonyl (C=O) groups is 1. The van der Waals surface area contributed by atoms with Crippen molar-refractivity contribution in [3.05, 3.63) is 18.2 Å². The number of morpholine rings is 1. The molecule has 1 aliphatic heterocycles. The number of anilines is 2. The van der Waals surface area contributed by atoms with E-state index in [-0.39, 0.29) is 11.4 Å². The largest absolute Gasteiger partial charge is 0.497 e. The van der Waals surface area contributed by atoms with Crippen LogP contribution in [0.5, 0.6) is 5.75 Å². The first-order valence-corrected chi connectivity index (χ1v) is 8.69. The Bertz CT molecular complexity index is 579. The van der Waals surface area contributed by atoms with Crippen molar-refractivity contribution in [3.63, 3.8) is 0 Å². The molecule has 0 spiro atoms. The number of methoxy groups -OCH3 is 1. The molecule has 2 aliphatic rings. The third kappa shape index (κ3) is 3.65. The Morgan fingerprint density at radius 3 is 2.71 bits per heavy atom. The van der Waals surface area contributed by atoms with Gasteiger partial charge in [0.2, 0.25) is 5.91 Å². The van der Waals surface area contributed by atoms with E-state index in [0.29, 0.717) is 23.5 Å². The van der Waals surface area contributed by atoms with E-state index in [2.05, 4.69) is 10.2 Å². The molecule has 1 heterocycles. The number of nitrogens with zero attached hydrogens (tertiary/aromatic N) is 1. The topological polar surface area (TPSA) is 76.8 Å².